The zero-order chi connectivity index (χ0) is 13.2. The fourth-order valence-electron chi connectivity index (χ4n) is 5.09. The zero-order valence-electron chi connectivity index (χ0n) is 12.4. The van der Waals surface area contributed by atoms with Gasteiger partial charge in [0.15, 0.2) is 6.29 Å². The summed E-state index contributed by atoms with van der Waals surface area (Å²) in [7, 11) is 0. The van der Waals surface area contributed by atoms with Crippen LogP contribution in [0.25, 0.3) is 0 Å². The molecule has 0 aromatic heterocycles. The van der Waals surface area contributed by atoms with E-state index in [0.29, 0.717) is 0 Å². The third-order valence-electron chi connectivity index (χ3n) is 5.68. The molecule has 3 nitrogen and oxygen atoms in total. The van der Waals surface area contributed by atoms with Gasteiger partial charge in [-0.15, -0.1) is 0 Å². The summed E-state index contributed by atoms with van der Waals surface area (Å²) in [6, 6.07) is 0.729. The molecule has 0 aromatic carbocycles. The standard InChI is InChI=1S/C16H29NO2/c1-3-18-16(19-4-2)10-17-15-9-11-8-14(15)13-7-5-6-12(11)13/h11-17H,3-10H2,1-2H3. The van der Waals surface area contributed by atoms with Crippen molar-refractivity contribution in [2.45, 2.75) is 58.3 Å². The lowest BCUT2D eigenvalue weighted by Gasteiger charge is -2.33. The van der Waals surface area contributed by atoms with E-state index in [4.69, 9.17) is 9.47 Å². The van der Waals surface area contributed by atoms with E-state index in [1.54, 1.807) is 0 Å². The minimum atomic E-state index is -0.0616. The van der Waals surface area contributed by atoms with Gasteiger partial charge in [0, 0.05) is 25.8 Å². The summed E-state index contributed by atoms with van der Waals surface area (Å²) >= 11 is 0. The smallest absolute Gasteiger partial charge is 0.169 e. The van der Waals surface area contributed by atoms with Crippen LogP contribution in [0.1, 0.15) is 46.0 Å². The maximum atomic E-state index is 5.62. The highest BCUT2D eigenvalue weighted by atomic mass is 16.7. The van der Waals surface area contributed by atoms with Gasteiger partial charge in [-0.2, -0.15) is 0 Å². The molecule has 5 atom stereocenters. The van der Waals surface area contributed by atoms with Crippen LogP contribution in [0.3, 0.4) is 0 Å². The molecule has 19 heavy (non-hydrogen) atoms. The molecular weight excluding hydrogens is 238 g/mol. The Morgan fingerprint density at radius 2 is 1.74 bits per heavy atom. The molecule has 110 valence electrons. The first-order valence-electron chi connectivity index (χ1n) is 8.30. The lowest BCUT2D eigenvalue weighted by atomic mass is 9.79. The first-order chi connectivity index (χ1) is 9.33. The van der Waals surface area contributed by atoms with E-state index in [1.807, 2.05) is 13.8 Å². The molecule has 0 amide bonds. The Labute approximate surface area is 117 Å². The molecule has 3 saturated carbocycles. The van der Waals surface area contributed by atoms with E-state index in [0.717, 1.165) is 49.5 Å². The predicted molar refractivity (Wildman–Crippen MR) is 75.9 cm³/mol. The van der Waals surface area contributed by atoms with Gasteiger partial charge in [-0.3, -0.25) is 0 Å². The van der Waals surface area contributed by atoms with Gasteiger partial charge in [0.25, 0.3) is 0 Å². The third-order valence-corrected chi connectivity index (χ3v) is 5.68. The zero-order valence-corrected chi connectivity index (χ0v) is 12.4. The van der Waals surface area contributed by atoms with Gasteiger partial charge < -0.3 is 14.8 Å². The van der Waals surface area contributed by atoms with Crippen LogP contribution in [0.4, 0.5) is 0 Å². The maximum absolute atomic E-state index is 5.62. The van der Waals surface area contributed by atoms with Crippen molar-refractivity contribution in [3.8, 4) is 0 Å². The average molecular weight is 267 g/mol. The molecule has 3 rings (SSSR count). The summed E-state index contributed by atoms with van der Waals surface area (Å²) in [5.74, 6) is 4.08. The normalized spacial score (nSPS) is 40.3. The molecule has 0 heterocycles. The topological polar surface area (TPSA) is 30.5 Å². The van der Waals surface area contributed by atoms with Crippen LogP contribution in [0.15, 0.2) is 0 Å². The molecule has 0 saturated heterocycles. The summed E-state index contributed by atoms with van der Waals surface area (Å²) in [6.07, 6.45) is 7.31. The van der Waals surface area contributed by atoms with Crippen LogP contribution in [0.5, 0.6) is 0 Å². The number of nitrogens with one attached hydrogen (secondary N) is 1. The molecule has 0 aromatic rings. The Morgan fingerprint density at radius 1 is 1.00 bits per heavy atom. The average Bonchev–Trinajstić information content (AvgIpc) is 3.08. The SMILES string of the molecule is CCOC(CNC1CC2CC1C1CCCC21)OCC. The van der Waals surface area contributed by atoms with Crippen molar-refractivity contribution in [1.29, 1.82) is 0 Å². The minimum Gasteiger partial charge on any atom is -0.352 e. The van der Waals surface area contributed by atoms with Crippen LogP contribution in [0, 0.1) is 23.7 Å². The van der Waals surface area contributed by atoms with Crippen molar-refractivity contribution in [2.24, 2.45) is 23.7 Å². The Morgan fingerprint density at radius 3 is 2.47 bits per heavy atom. The van der Waals surface area contributed by atoms with Gasteiger partial charge in [0.1, 0.15) is 0 Å². The van der Waals surface area contributed by atoms with E-state index in [-0.39, 0.29) is 6.29 Å². The van der Waals surface area contributed by atoms with E-state index >= 15 is 0 Å². The summed E-state index contributed by atoms with van der Waals surface area (Å²) in [5.41, 5.74) is 0. The summed E-state index contributed by atoms with van der Waals surface area (Å²) in [5, 5.41) is 3.75. The van der Waals surface area contributed by atoms with Crippen LogP contribution in [-0.2, 0) is 9.47 Å². The second-order valence-electron chi connectivity index (χ2n) is 6.51. The van der Waals surface area contributed by atoms with E-state index in [1.165, 1.54) is 32.1 Å². The molecule has 1 N–H and O–H groups in total. The number of hydrogen-bond donors (Lipinski definition) is 1. The summed E-state index contributed by atoms with van der Waals surface area (Å²) < 4.78 is 11.2. The Kier molecular flexibility index (Phi) is 4.45. The van der Waals surface area contributed by atoms with E-state index in [9.17, 15) is 0 Å². The van der Waals surface area contributed by atoms with Gasteiger partial charge in [-0.05, 0) is 63.2 Å². The van der Waals surface area contributed by atoms with Crippen molar-refractivity contribution in [3.05, 3.63) is 0 Å². The highest BCUT2D eigenvalue weighted by Gasteiger charge is 2.53. The second kappa shape index (κ2) is 6.11. The second-order valence-corrected chi connectivity index (χ2v) is 6.51. The highest BCUT2D eigenvalue weighted by molar-refractivity contribution is 5.05. The van der Waals surface area contributed by atoms with Crippen LogP contribution >= 0.6 is 0 Å². The molecule has 3 aliphatic carbocycles. The first kappa shape index (κ1) is 13.8. The molecular formula is C16H29NO2. The first-order valence-corrected chi connectivity index (χ1v) is 8.30. The van der Waals surface area contributed by atoms with Gasteiger partial charge in [-0.1, -0.05) is 6.42 Å². The largest absolute Gasteiger partial charge is 0.352 e. The molecule has 3 aliphatic rings. The molecule has 3 fully saturated rings. The molecule has 0 aliphatic heterocycles. The van der Waals surface area contributed by atoms with Gasteiger partial charge in [0.05, 0.1) is 0 Å². The van der Waals surface area contributed by atoms with Crippen molar-refractivity contribution >= 4 is 0 Å². The van der Waals surface area contributed by atoms with Crippen molar-refractivity contribution in [3.63, 3.8) is 0 Å². The predicted octanol–water partition coefficient (Wildman–Crippen LogP) is 2.80. The quantitative estimate of drug-likeness (QED) is 0.720. The number of hydrogen-bond acceptors (Lipinski definition) is 3. The maximum Gasteiger partial charge on any atom is 0.169 e. The fraction of sp³-hybridized carbons (Fsp3) is 1.00. The number of fused-ring (bicyclic) bond motifs is 5. The molecule has 0 radical (unpaired) electrons. The molecule has 5 unspecified atom stereocenters. The summed E-state index contributed by atoms with van der Waals surface area (Å²) in [4.78, 5) is 0. The van der Waals surface area contributed by atoms with E-state index < -0.39 is 0 Å². The van der Waals surface area contributed by atoms with Crippen LogP contribution in [-0.4, -0.2) is 32.1 Å². The highest BCUT2D eigenvalue weighted by Crippen LogP contribution is 2.58. The Bertz CT molecular complexity index is 290. The molecule has 2 bridgehead atoms. The lowest BCUT2D eigenvalue weighted by molar-refractivity contribution is -0.134. The minimum absolute atomic E-state index is 0.0616. The molecule has 0 spiro atoms. The van der Waals surface area contributed by atoms with E-state index in [2.05, 4.69) is 5.32 Å². The monoisotopic (exact) mass is 267 g/mol. The van der Waals surface area contributed by atoms with Gasteiger partial charge in [0.2, 0.25) is 0 Å². The fourth-order valence-corrected chi connectivity index (χ4v) is 5.09. The number of rotatable bonds is 7. The Balaban J connectivity index is 1.49. The van der Waals surface area contributed by atoms with Gasteiger partial charge >= 0.3 is 0 Å². The Hall–Kier alpha value is -0.120. The van der Waals surface area contributed by atoms with Crippen LogP contribution < -0.4 is 5.32 Å². The third kappa shape index (κ3) is 2.70. The van der Waals surface area contributed by atoms with Gasteiger partial charge in [-0.25, -0.2) is 0 Å². The van der Waals surface area contributed by atoms with Crippen molar-refractivity contribution < 1.29 is 9.47 Å². The molecule has 3 heteroatoms. The van der Waals surface area contributed by atoms with Crippen molar-refractivity contribution in [2.75, 3.05) is 19.8 Å². The lowest BCUT2D eigenvalue weighted by Crippen LogP contribution is -2.43. The number of ether oxygens (including phenoxy) is 2. The van der Waals surface area contributed by atoms with Crippen LogP contribution in [0.2, 0.25) is 0 Å². The van der Waals surface area contributed by atoms with Crippen molar-refractivity contribution in [1.82, 2.24) is 5.32 Å². The summed E-state index contributed by atoms with van der Waals surface area (Å²) in [6.45, 7) is 6.38.